The predicted octanol–water partition coefficient (Wildman–Crippen LogP) is 5.02. The lowest BCUT2D eigenvalue weighted by Gasteiger charge is -2.17. The van der Waals surface area contributed by atoms with Crippen LogP contribution in [0.3, 0.4) is 0 Å². The topological polar surface area (TPSA) is 49.4 Å². The van der Waals surface area contributed by atoms with Crippen LogP contribution < -0.4 is 5.32 Å². The van der Waals surface area contributed by atoms with Gasteiger partial charge in [-0.05, 0) is 42.3 Å². The van der Waals surface area contributed by atoms with Gasteiger partial charge in [0.15, 0.2) is 0 Å². The molecular formula is C26H23N2O2P. The third-order valence-corrected chi connectivity index (χ3v) is 5.76. The smallest absolute Gasteiger partial charge is 0.261 e. The number of amides is 2. The molecule has 1 aliphatic heterocycles. The average molecular weight is 426 g/mol. The van der Waals surface area contributed by atoms with Gasteiger partial charge in [0.2, 0.25) is 0 Å². The molecule has 0 saturated heterocycles. The van der Waals surface area contributed by atoms with Crippen LogP contribution in [0.25, 0.3) is 0 Å². The summed E-state index contributed by atoms with van der Waals surface area (Å²) in [6.45, 7) is 2.31. The van der Waals surface area contributed by atoms with Gasteiger partial charge >= 0.3 is 0 Å². The molecule has 4 nitrogen and oxygen atoms in total. The van der Waals surface area contributed by atoms with E-state index >= 15 is 0 Å². The minimum absolute atomic E-state index is 0.0582. The van der Waals surface area contributed by atoms with E-state index in [-0.39, 0.29) is 24.1 Å². The van der Waals surface area contributed by atoms with E-state index in [0.29, 0.717) is 17.5 Å². The minimum atomic E-state index is -0.242. The Morgan fingerprint density at radius 1 is 0.935 bits per heavy atom. The highest BCUT2D eigenvalue weighted by Gasteiger charge is 2.34. The molecule has 0 spiro atoms. The summed E-state index contributed by atoms with van der Waals surface area (Å²) >= 11 is 0. The molecule has 0 aliphatic carbocycles. The molecule has 0 radical (unpaired) electrons. The van der Waals surface area contributed by atoms with Gasteiger partial charge < -0.3 is 5.32 Å². The van der Waals surface area contributed by atoms with Crippen LogP contribution in [0, 0.1) is 18.8 Å². The van der Waals surface area contributed by atoms with Crippen molar-refractivity contribution in [2.45, 2.75) is 19.1 Å². The Kier molecular flexibility index (Phi) is 6.16. The highest BCUT2D eigenvalue weighted by Crippen LogP contribution is 2.27. The number of hydrogen-bond donors (Lipinski definition) is 1. The number of nitrogens with one attached hydrogen (secondary N) is 1. The monoisotopic (exact) mass is 426 g/mol. The fourth-order valence-electron chi connectivity index (χ4n) is 3.57. The molecule has 3 aromatic rings. The van der Waals surface area contributed by atoms with Crippen molar-refractivity contribution in [3.63, 3.8) is 0 Å². The maximum atomic E-state index is 12.5. The number of nitrogens with zero attached hydrogens (tertiary/aromatic N) is 1. The predicted molar refractivity (Wildman–Crippen MR) is 127 cm³/mol. The van der Waals surface area contributed by atoms with Crippen LogP contribution in [0.2, 0.25) is 0 Å². The van der Waals surface area contributed by atoms with Crippen LogP contribution in [0.5, 0.6) is 0 Å². The minimum Gasteiger partial charge on any atom is -0.374 e. The van der Waals surface area contributed by atoms with Crippen molar-refractivity contribution in [3.8, 4) is 11.8 Å². The molecule has 1 heterocycles. The number of rotatable bonds is 5. The molecule has 154 valence electrons. The second-order valence-electron chi connectivity index (χ2n) is 7.44. The van der Waals surface area contributed by atoms with Crippen molar-refractivity contribution in [3.05, 3.63) is 101 Å². The highest BCUT2D eigenvalue weighted by atomic mass is 31.0. The molecule has 2 unspecified atom stereocenters. The Balaban J connectivity index is 1.45. The lowest BCUT2D eigenvalue weighted by molar-refractivity contribution is 0.0658. The summed E-state index contributed by atoms with van der Waals surface area (Å²) in [6, 6.07) is 23.2. The largest absolute Gasteiger partial charge is 0.374 e. The van der Waals surface area contributed by atoms with Crippen molar-refractivity contribution < 1.29 is 9.59 Å². The zero-order chi connectivity index (χ0) is 21.8. The van der Waals surface area contributed by atoms with Crippen LogP contribution >= 0.6 is 9.24 Å². The molecular weight excluding hydrogens is 403 g/mol. The first kappa shape index (κ1) is 20.8. The van der Waals surface area contributed by atoms with Crippen LogP contribution in [-0.4, -0.2) is 23.3 Å². The van der Waals surface area contributed by atoms with Gasteiger partial charge in [-0.25, -0.2) is 0 Å². The maximum absolute atomic E-state index is 12.5. The lowest BCUT2D eigenvalue weighted by atomic mass is 10.1. The highest BCUT2D eigenvalue weighted by molar-refractivity contribution is 7.17. The summed E-state index contributed by atoms with van der Waals surface area (Å²) < 4.78 is 0. The van der Waals surface area contributed by atoms with Gasteiger partial charge in [-0.2, -0.15) is 0 Å². The number of carbonyl (C=O) groups is 2. The van der Waals surface area contributed by atoms with E-state index in [1.807, 2.05) is 37.3 Å². The molecule has 0 aromatic heterocycles. The zero-order valence-electron chi connectivity index (χ0n) is 17.3. The molecule has 2 atom stereocenters. The summed E-state index contributed by atoms with van der Waals surface area (Å²) in [7, 11) is 2.82. The number of carbonyl (C=O) groups excluding carboxylic acids is 2. The third-order valence-electron chi connectivity index (χ3n) is 5.21. The number of anilines is 1. The number of hydrogen-bond acceptors (Lipinski definition) is 3. The standard InChI is InChI=1S/C26H23N2O2P/c1-18-14-15-23(27-24(31)19-9-3-2-4-10-19)20(17-18)11-7-8-16-28-25(29)21-12-5-6-13-22(21)26(28)30/h2-6,9-10,12-15,17,24,27H,8,16,31H2,1H3. The van der Waals surface area contributed by atoms with E-state index in [1.165, 1.54) is 4.90 Å². The van der Waals surface area contributed by atoms with Crippen LogP contribution in [0.1, 0.15) is 49.6 Å². The Hall–Kier alpha value is -3.41. The molecule has 4 rings (SSSR count). The summed E-state index contributed by atoms with van der Waals surface area (Å²) in [5.41, 5.74) is 5.07. The van der Waals surface area contributed by atoms with Crippen LogP contribution in [0.15, 0.2) is 72.8 Å². The van der Waals surface area contributed by atoms with Gasteiger partial charge in [-0.1, -0.05) is 60.4 Å². The van der Waals surface area contributed by atoms with Gasteiger partial charge in [-0.15, -0.1) is 9.24 Å². The van der Waals surface area contributed by atoms with Crippen LogP contribution in [0.4, 0.5) is 5.69 Å². The van der Waals surface area contributed by atoms with Crippen molar-refractivity contribution >= 4 is 26.7 Å². The van der Waals surface area contributed by atoms with E-state index < -0.39 is 0 Å². The second-order valence-corrected chi connectivity index (χ2v) is 8.11. The maximum Gasteiger partial charge on any atom is 0.261 e. The molecule has 1 aliphatic rings. The van der Waals surface area contributed by atoms with Crippen molar-refractivity contribution in [1.82, 2.24) is 4.90 Å². The molecule has 3 aromatic carbocycles. The fraction of sp³-hybridized carbons (Fsp3) is 0.154. The molecule has 5 heteroatoms. The molecule has 1 N–H and O–H groups in total. The normalized spacial score (nSPS) is 13.4. The quantitative estimate of drug-likeness (QED) is 0.354. The van der Waals surface area contributed by atoms with Gasteiger partial charge in [0.05, 0.1) is 22.6 Å². The van der Waals surface area contributed by atoms with Gasteiger partial charge in [0.1, 0.15) is 0 Å². The molecule has 0 fully saturated rings. The number of imide groups is 1. The fourth-order valence-corrected chi connectivity index (χ4v) is 3.97. The average Bonchev–Trinajstić information content (AvgIpc) is 3.03. The van der Waals surface area contributed by atoms with Gasteiger partial charge in [0.25, 0.3) is 11.8 Å². The van der Waals surface area contributed by atoms with E-state index in [2.05, 4.69) is 44.6 Å². The lowest BCUT2D eigenvalue weighted by Crippen LogP contribution is -2.30. The van der Waals surface area contributed by atoms with E-state index in [1.54, 1.807) is 24.3 Å². The van der Waals surface area contributed by atoms with Gasteiger partial charge in [0, 0.05) is 18.5 Å². The summed E-state index contributed by atoms with van der Waals surface area (Å²) in [4.78, 5) is 26.2. The Labute approximate surface area is 184 Å². The Morgan fingerprint density at radius 2 is 1.58 bits per heavy atom. The van der Waals surface area contributed by atoms with E-state index in [4.69, 9.17) is 0 Å². The molecule has 0 saturated carbocycles. The van der Waals surface area contributed by atoms with Gasteiger partial charge in [-0.3, -0.25) is 14.5 Å². The van der Waals surface area contributed by atoms with Crippen molar-refractivity contribution in [2.24, 2.45) is 0 Å². The molecule has 0 bridgehead atoms. The number of fused-ring (bicyclic) bond motifs is 1. The first-order valence-electron chi connectivity index (χ1n) is 10.2. The third kappa shape index (κ3) is 4.53. The van der Waals surface area contributed by atoms with E-state index in [9.17, 15) is 9.59 Å². The molecule has 31 heavy (non-hydrogen) atoms. The molecule has 2 amide bonds. The first-order chi connectivity index (χ1) is 15.0. The summed E-state index contributed by atoms with van der Waals surface area (Å²) in [6.07, 6.45) is 0.418. The Bertz CT molecular complexity index is 1160. The first-order valence-corrected chi connectivity index (χ1v) is 10.8. The van der Waals surface area contributed by atoms with Crippen molar-refractivity contribution in [2.75, 3.05) is 11.9 Å². The zero-order valence-corrected chi connectivity index (χ0v) is 18.4. The van der Waals surface area contributed by atoms with Crippen LogP contribution in [-0.2, 0) is 0 Å². The summed E-state index contributed by atoms with van der Waals surface area (Å²) in [5.74, 6) is 5.92. The number of benzene rings is 3. The number of aryl methyl sites for hydroxylation is 1. The van der Waals surface area contributed by atoms with Crippen molar-refractivity contribution in [1.29, 1.82) is 0 Å². The summed E-state index contributed by atoms with van der Waals surface area (Å²) in [5, 5.41) is 3.50. The van der Waals surface area contributed by atoms with E-state index in [0.717, 1.165) is 22.4 Å². The Morgan fingerprint density at radius 3 is 2.26 bits per heavy atom. The SMILES string of the molecule is Cc1ccc(NC(P)c2ccccc2)c(C#CCCN2C(=O)c3ccccc3C2=O)c1. The second kappa shape index (κ2) is 9.16.